The van der Waals surface area contributed by atoms with Gasteiger partial charge in [0.15, 0.2) is 5.82 Å². The summed E-state index contributed by atoms with van der Waals surface area (Å²) in [6.45, 7) is 4.75. The Morgan fingerprint density at radius 1 is 0.444 bits per heavy atom. The molecule has 11 rings (SSSR count). The summed E-state index contributed by atoms with van der Waals surface area (Å²) in [4.78, 5) is 10.6. The van der Waals surface area contributed by atoms with Gasteiger partial charge in [-0.15, -0.1) is 0 Å². The maximum Gasteiger partial charge on any atom is 0.161 e. The van der Waals surface area contributed by atoms with E-state index >= 15 is 0 Å². The molecule has 0 spiro atoms. The van der Waals surface area contributed by atoms with Crippen molar-refractivity contribution in [2.24, 2.45) is 0 Å². The van der Waals surface area contributed by atoms with E-state index in [2.05, 4.69) is 166 Å². The highest BCUT2D eigenvalue weighted by Crippen LogP contribution is 2.55. The second-order valence-electron chi connectivity index (χ2n) is 14.9. The van der Waals surface area contributed by atoms with Gasteiger partial charge in [0.05, 0.1) is 11.4 Å². The molecule has 0 saturated carbocycles. The summed E-state index contributed by atoms with van der Waals surface area (Å²) in [6.07, 6.45) is 0. The summed E-state index contributed by atoms with van der Waals surface area (Å²) >= 11 is 0. The van der Waals surface area contributed by atoms with E-state index in [-0.39, 0.29) is 5.41 Å². The molecule has 0 atom stereocenters. The van der Waals surface area contributed by atoms with E-state index in [9.17, 15) is 0 Å². The van der Waals surface area contributed by atoms with Crippen LogP contribution >= 0.6 is 0 Å². The van der Waals surface area contributed by atoms with Gasteiger partial charge in [-0.1, -0.05) is 159 Å². The van der Waals surface area contributed by atoms with Crippen LogP contribution in [0.5, 0.6) is 0 Å². The van der Waals surface area contributed by atoms with Crippen LogP contribution in [-0.2, 0) is 5.41 Å². The van der Waals surface area contributed by atoms with Crippen molar-refractivity contribution < 1.29 is 4.42 Å². The molecule has 3 nitrogen and oxygen atoms in total. The third-order valence-electron chi connectivity index (χ3n) is 11.5. The highest BCUT2D eigenvalue weighted by molar-refractivity contribution is 6.10. The lowest BCUT2D eigenvalue weighted by atomic mass is 9.78. The Labute approximate surface area is 313 Å². The van der Waals surface area contributed by atoms with Crippen molar-refractivity contribution in [1.82, 2.24) is 9.97 Å². The summed E-state index contributed by atoms with van der Waals surface area (Å²) in [5.74, 6) is 0.680. The van der Waals surface area contributed by atoms with Crippen molar-refractivity contribution in [1.29, 1.82) is 0 Å². The molecule has 54 heavy (non-hydrogen) atoms. The summed E-state index contributed by atoms with van der Waals surface area (Å²) in [6, 6.07) is 60.4. The summed E-state index contributed by atoms with van der Waals surface area (Å²) < 4.78 is 6.50. The van der Waals surface area contributed by atoms with Crippen molar-refractivity contribution in [3.63, 3.8) is 0 Å². The molecule has 1 aliphatic carbocycles. The quantitative estimate of drug-likeness (QED) is 0.184. The number of nitrogens with zero attached hydrogens (tertiary/aromatic N) is 2. The van der Waals surface area contributed by atoms with E-state index in [1.54, 1.807) is 0 Å². The molecule has 10 aromatic rings. The second kappa shape index (κ2) is 11.6. The fourth-order valence-electron chi connectivity index (χ4n) is 9.02. The second-order valence-corrected chi connectivity index (χ2v) is 14.9. The van der Waals surface area contributed by atoms with Crippen LogP contribution in [0.1, 0.15) is 25.0 Å². The fraction of sp³-hybridized carbons (Fsp3) is 0.0588. The van der Waals surface area contributed by atoms with Crippen LogP contribution in [0.25, 0.3) is 99.6 Å². The minimum atomic E-state index is -0.176. The first-order valence-electron chi connectivity index (χ1n) is 18.6. The van der Waals surface area contributed by atoms with Gasteiger partial charge in [0.25, 0.3) is 0 Å². The zero-order valence-corrected chi connectivity index (χ0v) is 30.0. The molecular formula is C51H34N2O. The molecule has 0 unspecified atom stereocenters. The van der Waals surface area contributed by atoms with Crippen molar-refractivity contribution in [3.05, 3.63) is 181 Å². The molecule has 0 N–H and O–H groups in total. The Hall–Kier alpha value is -6.84. The Morgan fingerprint density at radius 2 is 1.07 bits per heavy atom. The molecule has 1 aliphatic rings. The number of para-hydroxylation sites is 2. The molecule has 0 saturated heterocycles. The monoisotopic (exact) mass is 690 g/mol. The zero-order chi connectivity index (χ0) is 36.0. The third-order valence-corrected chi connectivity index (χ3v) is 11.5. The van der Waals surface area contributed by atoms with Gasteiger partial charge in [0.1, 0.15) is 11.2 Å². The van der Waals surface area contributed by atoms with Crippen molar-refractivity contribution in [2.45, 2.75) is 19.3 Å². The first kappa shape index (κ1) is 30.8. The fourth-order valence-corrected chi connectivity index (χ4v) is 9.02. The molecule has 2 aromatic heterocycles. The van der Waals surface area contributed by atoms with Gasteiger partial charge in [0, 0.05) is 32.9 Å². The van der Waals surface area contributed by atoms with Crippen molar-refractivity contribution in [2.75, 3.05) is 0 Å². The molecule has 0 aliphatic heterocycles. The lowest BCUT2D eigenvalue weighted by molar-refractivity contribution is 0.662. The van der Waals surface area contributed by atoms with E-state index < -0.39 is 0 Å². The minimum absolute atomic E-state index is 0.176. The lowest BCUT2D eigenvalue weighted by Crippen LogP contribution is -2.16. The Kier molecular flexibility index (Phi) is 6.60. The van der Waals surface area contributed by atoms with Crippen LogP contribution in [0.2, 0.25) is 0 Å². The molecule has 8 aromatic carbocycles. The minimum Gasteiger partial charge on any atom is -0.455 e. The van der Waals surface area contributed by atoms with Gasteiger partial charge in [-0.2, -0.15) is 0 Å². The van der Waals surface area contributed by atoms with Crippen molar-refractivity contribution in [3.8, 4) is 56.2 Å². The topological polar surface area (TPSA) is 38.9 Å². The average molecular weight is 691 g/mol. The maximum atomic E-state index is 6.50. The van der Waals surface area contributed by atoms with Crippen molar-refractivity contribution >= 4 is 43.5 Å². The highest BCUT2D eigenvalue weighted by atomic mass is 16.3. The first-order valence-corrected chi connectivity index (χ1v) is 18.6. The highest BCUT2D eigenvalue weighted by Gasteiger charge is 2.38. The Morgan fingerprint density at radius 3 is 1.93 bits per heavy atom. The van der Waals surface area contributed by atoms with E-state index in [0.29, 0.717) is 5.82 Å². The van der Waals surface area contributed by atoms with Gasteiger partial charge < -0.3 is 4.42 Å². The summed E-state index contributed by atoms with van der Waals surface area (Å²) in [5.41, 5.74) is 14.1. The van der Waals surface area contributed by atoms with Gasteiger partial charge in [-0.3, -0.25) is 0 Å². The Bertz CT molecular complexity index is 3130. The number of aromatic nitrogens is 2. The maximum absolute atomic E-state index is 6.50. The van der Waals surface area contributed by atoms with E-state index in [1.165, 1.54) is 49.5 Å². The normalized spacial score (nSPS) is 13.1. The summed E-state index contributed by atoms with van der Waals surface area (Å²) in [5, 5.41) is 7.05. The number of hydrogen-bond donors (Lipinski definition) is 0. The number of fused-ring (bicyclic) bond motifs is 9. The van der Waals surface area contributed by atoms with Crippen LogP contribution in [-0.4, -0.2) is 9.97 Å². The van der Waals surface area contributed by atoms with Gasteiger partial charge in [-0.05, 0) is 79.2 Å². The number of furan rings is 1. The smallest absolute Gasteiger partial charge is 0.161 e. The summed E-state index contributed by atoms with van der Waals surface area (Å²) in [7, 11) is 0. The number of hydrogen-bond acceptors (Lipinski definition) is 3. The van der Waals surface area contributed by atoms with E-state index in [0.717, 1.165) is 55.4 Å². The van der Waals surface area contributed by atoms with Crippen LogP contribution in [0.15, 0.2) is 174 Å². The number of rotatable bonds is 4. The van der Waals surface area contributed by atoms with E-state index in [4.69, 9.17) is 14.4 Å². The van der Waals surface area contributed by atoms with E-state index in [1.807, 2.05) is 18.2 Å². The molecule has 0 fully saturated rings. The SMILES string of the molecule is CC1(C)c2ccc3ccccc3c2-c2cccc(-c3ccc(-c4nc(-c5ccccc5)cc(-c5cccc6c5oc5ccccc56)n4)c4ccccc34)c21. The van der Waals surface area contributed by atoms with Gasteiger partial charge in [-0.25, -0.2) is 9.97 Å². The largest absolute Gasteiger partial charge is 0.455 e. The number of benzene rings is 8. The zero-order valence-electron chi connectivity index (χ0n) is 30.0. The van der Waals surface area contributed by atoms with Gasteiger partial charge >= 0.3 is 0 Å². The molecule has 3 heteroatoms. The van der Waals surface area contributed by atoms with Crippen LogP contribution in [0.4, 0.5) is 0 Å². The standard InChI is InChI=1S/C51H34N2O/c1-51(2)43-29-26-31-14-6-7-17-33(31)47(43)42-24-12-21-38(48(42)51)36-27-28-40(35-19-9-8-18-34(35)36)50-52-44(32-15-4-3-5-16-32)30-45(53-50)41-23-13-22-39-37-20-10-11-25-46(37)54-49(39)41/h3-30H,1-2H3. The third kappa shape index (κ3) is 4.48. The molecule has 0 radical (unpaired) electrons. The van der Waals surface area contributed by atoms with Crippen LogP contribution < -0.4 is 0 Å². The molecule has 254 valence electrons. The first-order chi connectivity index (χ1) is 26.5. The predicted octanol–water partition coefficient (Wildman–Crippen LogP) is 13.7. The lowest BCUT2D eigenvalue weighted by Gasteiger charge is -2.25. The van der Waals surface area contributed by atoms with Crippen LogP contribution in [0.3, 0.4) is 0 Å². The molecule has 0 amide bonds. The van der Waals surface area contributed by atoms with Gasteiger partial charge in [0.2, 0.25) is 0 Å². The van der Waals surface area contributed by atoms with Crippen LogP contribution in [0, 0.1) is 0 Å². The average Bonchev–Trinajstić information content (AvgIpc) is 3.73. The molecular weight excluding hydrogens is 657 g/mol. The molecule has 0 bridgehead atoms. The Balaban J connectivity index is 1.13. The predicted molar refractivity (Wildman–Crippen MR) is 224 cm³/mol. The molecule has 2 heterocycles.